The van der Waals surface area contributed by atoms with Crippen LogP contribution < -0.4 is 0 Å². The van der Waals surface area contributed by atoms with E-state index >= 15 is 0 Å². The first kappa shape index (κ1) is 18.4. The van der Waals surface area contributed by atoms with Crippen molar-refractivity contribution in [1.29, 1.82) is 0 Å². The summed E-state index contributed by atoms with van der Waals surface area (Å²) in [5, 5.41) is 0. The Morgan fingerprint density at radius 1 is 1.20 bits per heavy atom. The smallest absolute Gasteiger partial charge is 0.227 e. The van der Waals surface area contributed by atoms with E-state index in [0.29, 0.717) is 11.5 Å². The van der Waals surface area contributed by atoms with Crippen LogP contribution in [-0.2, 0) is 21.1 Å². The highest BCUT2D eigenvalue weighted by molar-refractivity contribution is 7.90. The van der Waals surface area contributed by atoms with Crippen molar-refractivity contribution in [2.24, 2.45) is 11.3 Å². The third-order valence-electron chi connectivity index (χ3n) is 6.30. The zero-order valence-electron chi connectivity index (χ0n) is 15.3. The lowest BCUT2D eigenvalue weighted by atomic mass is 9.63. The number of rotatable bonds is 3. The summed E-state index contributed by atoms with van der Waals surface area (Å²) in [4.78, 5) is 15.2. The molecule has 5 heteroatoms. The van der Waals surface area contributed by atoms with Gasteiger partial charge in [-0.3, -0.25) is 4.79 Å². The summed E-state index contributed by atoms with van der Waals surface area (Å²) < 4.78 is 23.9. The fourth-order valence-corrected chi connectivity index (χ4v) is 5.62. The van der Waals surface area contributed by atoms with Gasteiger partial charge >= 0.3 is 0 Å². The van der Waals surface area contributed by atoms with Gasteiger partial charge in [0.15, 0.2) is 9.84 Å². The van der Waals surface area contributed by atoms with Crippen LogP contribution in [-0.4, -0.2) is 38.6 Å². The van der Waals surface area contributed by atoms with Crippen LogP contribution in [0.4, 0.5) is 0 Å². The highest BCUT2D eigenvalue weighted by Crippen LogP contribution is 2.46. The molecule has 138 valence electrons. The summed E-state index contributed by atoms with van der Waals surface area (Å²) in [6.45, 7) is 3.98. The van der Waals surface area contributed by atoms with Gasteiger partial charge in [-0.1, -0.05) is 44.4 Å². The number of amides is 1. The van der Waals surface area contributed by atoms with Gasteiger partial charge in [0.05, 0.1) is 11.3 Å². The normalized spacial score (nSPS) is 23.6. The molecule has 0 bridgehead atoms. The van der Waals surface area contributed by atoms with Gasteiger partial charge in [0.2, 0.25) is 5.91 Å². The van der Waals surface area contributed by atoms with E-state index in [0.717, 1.165) is 19.5 Å². The first-order valence-corrected chi connectivity index (χ1v) is 11.3. The molecule has 2 fully saturated rings. The number of carbonyl (C=O) groups is 1. The second kappa shape index (κ2) is 7.10. The number of benzene rings is 1. The lowest BCUT2D eigenvalue weighted by molar-refractivity contribution is -0.136. The molecule has 1 aromatic carbocycles. The summed E-state index contributed by atoms with van der Waals surface area (Å²) in [5.41, 5.74) is 0.897. The maximum Gasteiger partial charge on any atom is 0.227 e. The number of carbonyl (C=O) groups excluding carboxylic acids is 1. The monoisotopic (exact) mass is 363 g/mol. The Bertz CT molecular complexity index is 735. The minimum absolute atomic E-state index is 0.0629. The molecule has 1 aliphatic heterocycles. The molecule has 2 aliphatic rings. The van der Waals surface area contributed by atoms with E-state index in [-0.39, 0.29) is 22.6 Å². The minimum atomic E-state index is -3.32. The van der Waals surface area contributed by atoms with Gasteiger partial charge < -0.3 is 4.90 Å². The summed E-state index contributed by atoms with van der Waals surface area (Å²) >= 11 is 0. The fraction of sp³-hybridized carbons (Fsp3) is 0.650. The lowest BCUT2D eigenvalue weighted by Gasteiger charge is -2.49. The molecule has 1 aromatic rings. The Labute approximate surface area is 151 Å². The zero-order valence-corrected chi connectivity index (χ0v) is 16.1. The van der Waals surface area contributed by atoms with Gasteiger partial charge in [-0.2, -0.15) is 0 Å². The Balaban J connectivity index is 1.76. The highest BCUT2D eigenvalue weighted by atomic mass is 32.2. The van der Waals surface area contributed by atoms with Gasteiger partial charge in [-0.25, -0.2) is 8.42 Å². The van der Waals surface area contributed by atoms with Crippen LogP contribution in [0.5, 0.6) is 0 Å². The van der Waals surface area contributed by atoms with E-state index in [2.05, 4.69) is 6.92 Å². The second-order valence-corrected chi connectivity index (χ2v) is 9.97. The molecular formula is C20H29NO3S. The van der Waals surface area contributed by atoms with Crippen LogP contribution in [0.15, 0.2) is 29.2 Å². The van der Waals surface area contributed by atoms with Crippen LogP contribution in [0.25, 0.3) is 0 Å². The molecule has 1 atom stereocenters. The first-order valence-electron chi connectivity index (χ1n) is 9.38. The van der Waals surface area contributed by atoms with Crippen molar-refractivity contribution in [3.05, 3.63) is 29.8 Å². The largest absolute Gasteiger partial charge is 0.342 e. The van der Waals surface area contributed by atoms with E-state index < -0.39 is 9.84 Å². The topological polar surface area (TPSA) is 54.5 Å². The average molecular weight is 364 g/mol. The summed E-state index contributed by atoms with van der Waals surface area (Å²) in [7, 11) is -3.32. The van der Waals surface area contributed by atoms with Crippen LogP contribution in [0.2, 0.25) is 0 Å². The Hall–Kier alpha value is -1.36. The number of sulfone groups is 1. The molecule has 4 nitrogen and oxygen atoms in total. The van der Waals surface area contributed by atoms with Crippen LogP contribution in [0.3, 0.4) is 0 Å². The average Bonchev–Trinajstić information content (AvgIpc) is 2.58. The molecule has 25 heavy (non-hydrogen) atoms. The third kappa shape index (κ3) is 3.91. The van der Waals surface area contributed by atoms with Crippen molar-refractivity contribution in [3.8, 4) is 0 Å². The van der Waals surface area contributed by atoms with Crippen molar-refractivity contribution < 1.29 is 13.2 Å². The predicted octanol–water partition coefficient (Wildman–Crippen LogP) is 3.45. The van der Waals surface area contributed by atoms with Crippen molar-refractivity contribution in [1.82, 2.24) is 4.90 Å². The van der Waals surface area contributed by atoms with E-state index in [9.17, 15) is 13.2 Å². The number of piperidine rings is 1. The van der Waals surface area contributed by atoms with E-state index in [1.54, 1.807) is 24.3 Å². The quantitative estimate of drug-likeness (QED) is 0.826. The Morgan fingerprint density at radius 3 is 2.56 bits per heavy atom. The SMILES string of the molecule is CC1CCN(C(=O)Cc2ccccc2S(C)(=O)=O)CC12CCCCC2. The number of hydrogen-bond donors (Lipinski definition) is 0. The van der Waals surface area contributed by atoms with Crippen LogP contribution >= 0.6 is 0 Å². The third-order valence-corrected chi connectivity index (χ3v) is 7.50. The maximum atomic E-state index is 12.9. The summed E-state index contributed by atoms with van der Waals surface area (Å²) in [6.07, 6.45) is 8.72. The lowest BCUT2D eigenvalue weighted by Crippen LogP contribution is -2.51. The summed E-state index contributed by atoms with van der Waals surface area (Å²) in [5.74, 6) is 0.730. The number of nitrogens with zero attached hydrogens (tertiary/aromatic N) is 1. The molecule has 1 heterocycles. The van der Waals surface area contributed by atoms with Crippen LogP contribution in [0, 0.1) is 11.3 Å². The minimum Gasteiger partial charge on any atom is -0.342 e. The molecule has 3 rings (SSSR count). The maximum absolute atomic E-state index is 12.9. The first-order chi connectivity index (χ1) is 11.8. The highest BCUT2D eigenvalue weighted by Gasteiger charge is 2.42. The molecule has 1 spiro atoms. The van der Waals surface area contributed by atoms with Gasteiger partial charge in [0, 0.05) is 19.3 Å². The van der Waals surface area contributed by atoms with Gasteiger partial charge in [0.1, 0.15) is 0 Å². The molecule has 0 N–H and O–H groups in total. The molecule has 0 radical (unpaired) electrons. The summed E-state index contributed by atoms with van der Waals surface area (Å²) in [6, 6.07) is 6.87. The molecule has 1 aliphatic carbocycles. The standard InChI is InChI=1S/C20H29NO3S/c1-16-10-13-21(15-20(16)11-6-3-7-12-20)19(22)14-17-8-4-5-9-18(17)25(2,23)24/h4-5,8-9,16H,3,6-7,10-15H2,1-2H3. The molecule has 0 aromatic heterocycles. The number of hydrogen-bond acceptors (Lipinski definition) is 3. The van der Waals surface area contributed by atoms with Crippen molar-refractivity contribution in [2.75, 3.05) is 19.3 Å². The van der Waals surface area contributed by atoms with E-state index in [1.807, 2.05) is 4.90 Å². The Kier molecular flexibility index (Phi) is 5.24. The molecular weight excluding hydrogens is 334 g/mol. The predicted molar refractivity (Wildman–Crippen MR) is 99.1 cm³/mol. The van der Waals surface area contributed by atoms with E-state index in [1.165, 1.54) is 38.4 Å². The Morgan fingerprint density at radius 2 is 1.88 bits per heavy atom. The van der Waals surface area contributed by atoms with Crippen molar-refractivity contribution in [2.45, 2.75) is 56.8 Å². The van der Waals surface area contributed by atoms with Crippen molar-refractivity contribution in [3.63, 3.8) is 0 Å². The van der Waals surface area contributed by atoms with Gasteiger partial charge in [-0.05, 0) is 42.2 Å². The van der Waals surface area contributed by atoms with E-state index in [4.69, 9.17) is 0 Å². The van der Waals surface area contributed by atoms with Gasteiger partial charge in [-0.15, -0.1) is 0 Å². The molecule has 1 unspecified atom stereocenters. The van der Waals surface area contributed by atoms with Crippen molar-refractivity contribution >= 4 is 15.7 Å². The fourth-order valence-electron chi connectivity index (χ4n) is 4.68. The van der Waals surface area contributed by atoms with Crippen LogP contribution in [0.1, 0.15) is 51.0 Å². The molecule has 1 amide bonds. The molecule has 1 saturated carbocycles. The van der Waals surface area contributed by atoms with Gasteiger partial charge in [0.25, 0.3) is 0 Å². The zero-order chi connectivity index (χ0) is 18.1. The number of likely N-dealkylation sites (tertiary alicyclic amines) is 1. The molecule has 1 saturated heterocycles. The second-order valence-electron chi connectivity index (χ2n) is 7.98.